The van der Waals surface area contributed by atoms with Crippen molar-refractivity contribution in [3.8, 4) is 11.5 Å². The van der Waals surface area contributed by atoms with Crippen LogP contribution in [0, 0.1) is 0 Å². The molecule has 0 aliphatic carbocycles. The minimum atomic E-state index is -0.307. The van der Waals surface area contributed by atoms with Crippen molar-refractivity contribution in [2.24, 2.45) is 5.10 Å². The molecule has 2 aromatic carbocycles. The molecule has 0 saturated heterocycles. The monoisotopic (exact) mass is 337 g/mol. The lowest BCUT2D eigenvalue weighted by atomic mass is 10.2. The molecule has 0 radical (unpaired) electrons. The molecule has 0 bridgehead atoms. The van der Waals surface area contributed by atoms with Crippen LogP contribution in [-0.4, -0.2) is 30.8 Å². The van der Waals surface area contributed by atoms with Crippen LogP contribution in [0.2, 0.25) is 0 Å². The van der Waals surface area contributed by atoms with E-state index in [0.717, 1.165) is 28.0 Å². The van der Waals surface area contributed by atoms with Gasteiger partial charge in [0.2, 0.25) is 0 Å². The molecule has 6 heteroatoms. The first-order valence-electron chi connectivity index (χ1n) is 7.92. The Balaban J connectivity index is 1.67. The van der Waals surface area contributed by atoms with E-state index in [9.17, 15) is 4.79 Å². The number of carbonyl (C=O) groups excluding carboxylic acids is 1. The molecule has 1 amide bonds. The summed E-state index contributed by atoms with van der Waals surface area (Å²) in [4.78, 5) is 15.3. The number of methoxy groups -OCH3 is 1. The number of benzene rings is 2. The Kier molecular flexibility index (Phi) is 4.99. The zero-order valence-corrected chi connectivity index (χ0v) is 14.1. The highest BCUT2D eigenvalue weighted by Gasteiger charge is 2.09. The van der Waals surface area contributed by atoms with Crippen molar-refractivity contribution in [1.29, 1.82) is 0 Å². The molecule has 1 aromatic heterocycles. The normalized spacial score (nSPS) is 11.0. The highest BCUT2D eigenvalue weighted by molar-refractivity contribution is 5.98. The van der Waals surface area contributed by atoms with Gasteiger partial charge < -0.3 is 14.5 Å². The summed E-state index contributed by atoms with van der Waals surface area (Å²) in [5, 5.41) is 4.89. The van der Waals surface area contributed by atoms with Gasteiger partial charge >= 0.3 is 0 Å². The third-order valence-corrected chi connectivity index (χ3v) is 3.64. The van der Waals surface area contributed by atoms with E-state index in [4.69, 9.17) is 9.47 Å². The largest absolute Gasteiger partial charge is 0.497 e. The van der Waals surface area contributed by atoms with Gasteiger partial charge in [-0.2, -0.15) is 5.10 Å². The van der Waals surface area contributed by atoms with Gasteiger partial charge in [-0.15, -0.1) is 0 Å². The van der Waals surface area contributed by atoms with Crippen LogP contribution < -0.4 is 14.9 Å². The third kappa shape index (κ3) is 3.98. The van der Waals surface area contributed by atoms with Crippen LogP contribution in [0.15, 0.2) is 53.6 Å². The molecule has 0 atom stereocenters. The van der Waals surface area contributed by atoms with E-state index >= 15 is 0 Å². The number of ether oxygens (including phenoxy) is 2. The molecule has 0 fully saturated rings. The summed E-state index contributed by atoms with van der Waals surface area (Å²) >= 11 is 0. The van der Waals surface area contributed by atoms with Gasteiger partial charge in [0.1, 0.15) is 17.2 Å². The van der Waals surface area contributed by atoms with Crippen molar-refractivity contribution in [1.82, 2.24) is 10.4 Å². The number of nitrogens with one attached hydrogen (secondary N) is 2. The van der Waals surface area contributed by atoms with Gasteiger partial charge in [0.05, 0.1) is 19.9 Å². The predicted octanol–water partition coefficient (Wildman–Crippen LogP) is 3.34. The molecule has 0 unspecified atom stereocenters. The number of rotatable bonds is 6. The van der Waals surface area contributed by atoms with Gasteiger partial charge in [0, 0.05) is 10.9 Å². The van der Waals surface area contributed by atoms with E-state index in [1.54, 1.807) is 19.4 Å². The number of hydrogen-bond acceptors (Lipinski definition) is 4. The maximum Gasteiger partial charge on any atom is 0.287 e. The maximum absolute atomic E-state index is 12.2. The minimum Gasteiger partial charge on any atom is -0.497 e. The van der Waals surface area contributed by atoms with E-state index in [-0.39, 0.29) is 5.91 Å². The first kappa shape index (κ1) is 16.6. The Hall–Kier alpha value is -3.28. The Morgan fingerprint density at radius 2 is 1.92 bits per heavy atom. The van der Waals surface area contributed by atoms with Crippen molar-refractivity contribution >= 4 is 23.0 Å². The number of hydrogen-bond donors (Lipinski definition) is 2. The predicted molar refractivity (Wildman–Crippen MR) is 97.5 cm³/mol. The molecule has 2 N–H and O–H groups in total. The van der Waals surface area contributed by atoms with Crippen molar-refractivity contribution in [2.45, 2.75) is 6.92 Å². The lowest BCUT2D eigenvalue weighted by molar-refractivity contribution is 0.0951. The highest BCUT2D eigenvalue weighted by atomic mass is 16.5. The molecular formula is C19H19N3O3. The van der Waals surface area contributed by atoms with Crippen LogP contribution >= 0.6 is 0 Å². The van der Waals surface area contributed by atoms with Gasteiger partial charge in [-0.25, -0.2) is 5.43 Å². The summed E-state index contributed by atoms with van der Waals surface area (Å²) in [5.74, 6) is 1.24. The lowest BCUT2D eigenvalue weighted by Gasteiger charge is -2.01. The third-order valence-electron chi connectivity index (χ3n) is 3.64. The number of nitrogens with zero attached hydrogens (tertiary/aromatic N) is 1. The van der Waals surface area contributed by atoms with E-state index in [0.29, 0.717) is 12.3 Å². The number of fused-ring (bicyclic) bond motifs is 1. The molecule has 3 rings (SSSR count). The van der Waals surface area contributed by atoms with Crippen LogP contribution in [0.5, 0.6) is 11.5 Å². The van der Waals surface area contributed by atoms with Crippen molar-refractivity contribution in [2.75, 3.05) is 13.7 Å². The maximum atomic E-state index is 12.2. The summed E-state index contributed by atoms with van der Waals surface area (Å²) in [6.45, 7) is 2.53. The number of amides is 1. The molecule has 1 heterocycles. The Morgan fingerprint density at radius 3 is 2.64 bits per heavy atom. The molecule has 0 aliphatic heterocycles. The first-order chi connectivity index (χ1) is 12.2. The zero-order valence-electron chi connectivity index (χ0n) is 14.1. The zero-order chi connectivity index (χ0) is 17.6. The number of aromatic nitrogens is 1. The number of hydrazone groups is 1. The van der Waals surface area contributed by atoms with Gasteiger partial charge in [-0.1, -0.05) is 0 Å². The van der Waals surface area contributed by atoms with Crippen LogP contribution in [0.3, 0.4) is 0 Å². The topological polar surface area (TPSA) is 75.7 Å². The van der Waals surface area contributed by atoms with Crippen molar-refractivity contribution < 1.29 is 14.3 Å². The van der Waals surface area contributed by atoms with Crippen molar-refractivity contribution in [3.05, 3.63) is 59.8 Å². The Labute approximate surface area is 145 Å². The number of H-pyrrole nitrogens is 1. The molecule has 0 spiro atoms. The molecular weight excluding hydrogens is 318 g/mol. The Morgan fingerprint density at radius 1 is 1.16 bits per heavy atom. The summed E-state index contributed by atoms with van der Waals surface area (Å²) in [6.07, 6.45) is 1.58. The van der Waals surface area contributed by atoms with E-state index < -0.39 is 0 Å². The fraction of sp³-hybridized carbons (Fsp3) is 0.158. The van der Waals surface area contributed by atoms with Gasteiger partial charge in [0.15, 0.2) is 0 Å². The fourth-order valence-electron chi connectivity index (χ4n) is 2.41. The average molecular weight is 337 g/mol. The minimum absolute atomic E-state index is 0.307. The molecule has 0 saturated carbocycles. The average Bonchev–Trinajstić information content (AvgIpc) is 3.06. The molecule has 3 aromatic rings. The summed E-state index contributed by atoms with van der Waals surface area (Å²) in [6, 6.07) is 14.8. The first-order valence-corrected chi connectivity index (χ1v) is 7.92. The van der Waals surface area contributed by atoms with Crippen LogP contribution in [-0.2, 0) is 0 Å². The van der Waals surface area contributed by atoms with Crippen LogP contribution in [0.25, 0.3) is 10.9 Å². The van der Waals surface area contributed by atoms with Gasteiger partial charge in [-0.3, -0.25) is 4.79 Å². The molecule has 6 nitrogen and oxygen atoms in total. The van der Waals surface area contributed by atoms with Crippen LogP contribution in [0.4, 0.5) is 0 Å². The van der Waals surface area contributed by atoms with Crippen molar-refractivity contribution in [3.63, 3.8) is 0 Å². The molecule has 25 heavy (non-hydrogen) atoms. The number of carbonyl (C=O) groups is 1. The van der Waals surface area contributed by atoms with E-state index in [2.05, 4.69) is 15.5 Å². The second-order valence-electron chi connectivity index (χ2n) is 5.34. The fourth-order valence-corrected chi connectivity index (χ4v) is 2.41. The summed E-state index contributed by atoms with van der Waals surface area (Å²) in [5.41, 5.74) is 4.68. The summed E-state index contributed by atoms with van der Waals surface area (Å²) < 4.78 is 10.6. The van der Waals surface area contributed by atoms with Gasteiger partial charge in [0.25, 0.3) is 5.91 Å². The summed E-state index contributed by atoms with van der Waals surface area (Å²) in [7, 11) is 1.61. The SMILES string of the molecule is CCOc1ccc2[nH]c(C(=O)N/N=C\c3ccc(OC)cc3)cc2c1. The quantitative estimate of drug-likeness (QED) is 0.535. The second kappa shape index (κ2) is 7.53. The standard InChI is InChI=1S/C19H19N3O3/c1-3-25-16-8-9-17-14(10-16)11-18(21-17)19(23)22-20-12-13-4-6-15(24-2)7-5-13/h4-12,21H,3H2,1-2H3,(H,22,23)/b20-12-. The molecule has 0 aliphatic rings. The molecule has 128 valence electrons. The highest BCUT2D eigenvalue weighted by Crippen LogP contribution is 2.21. The number of aromatic amines is 1. The van der Waals surface area contributed by atoms with E-state index in [1.165, 1.54) is 0 Å². The second-order valence-corrected chi connectivity index (χ2v) is 5.34. The lowest BCUT2D eigenvalue weighted by Crippen LogP contribution is -2.17. The van der Waals surface area contributed by atoms with Gasteiger partial charge in [-0.05, 0) is 61.0 Å². The Bertz CT molecular complexity index is 898. The smallest absolute Gasteiger partial charge is 0.287 e. The van der Waals surface area contributed by atoms with E-state index in [1.807, 2.05) is 49.4 Å². The van der Waals surface area contributed by atoms with Crippen LogP contribution in [0.1, 0.15) is 23.0 Å².